The topological polar surface area (TPSA) is 80.9 Å². The molecule has 4 rings (SSSR count). The van der Waals surface area contributed by atoms with Crippen LogP contribution in [0.15, 0.2) is 30.3 Å². The maximum atomic E-state index is 13.2. The summed E-state index contributed by atoms with van der Waals surface area (Å²) in [6, 6.07) is 8.34. The number of hydrogen-bond acceptors (Lipinski definition) is 5. The smallest absolute Gasteiger partial charge is 0.270 e. The summed E-state index contributed by atoms with van der Waals surface area (Å²) in [6.07, 6.45) is 3.13. The van der Waals surface area contributed by atoms with E-state index < -0.39 is 5.91 Å². The number of carbonyl (C=O) groups excluding carboxylic acids is 1. The lowest BCUT2D eigenvalue weighted by Gasteiger charge is -2.22. The first-order chi connectivity index (χ1) is 12.6. The Morgan fingerprint density at radius 1 is 1.31 bits per heavy atom. The third-order valence-corrected chi connectivity index (χ3v) is 5.96. The van der Waals surface area contributed by atoms with Crippen LogP contribution in [0, 0.1) is 11.7 Å². The number of nitrogens with one attached hydrogen (secondary N) is 1. The van der Waals surface area contributed by atoms with E-state index in [2.05, 4.69) is 15.5 Å². The van der Waals surface area contributed by atoms with E-state index in [4.69, 9.17) is 5.73 Å². The van der Waals surface area contributed by atoms with Crippen molar-refractivity contribution in [3.63, 3.8) is 0 Å². The highest BCUT2D eigenvalue weighted by atomic mass is 32.1. The molecule has 1 saturated heterocycles. The van der Waals surface area contributed by atoms with Crippen molar-refractivity contribution < 1.29 is 9.18 Å². The minimum Gasteiger partial charge on any atom is -0.364 e. The number of amides is 1. The fraction of sp³-hybridized carbons (Fsp3) is 0.316. The van der Waals surface area contributed by atoms with Crippen molar-refractivity contribution in [3.8, 4) is 10.4 Å². The molecule has 26 heavy (non-hydrogen) atoms. The lowest BCUT2D eigenvalue weighted by atomic mass is 9.93. The number of rotatable bonds is 4. The number of piperidine rings is 1. The lowest BCUT2D eigenvalue weighted by Crippen LogP contribution is -2.31. The summed E-state index contributed by atoms with van der Waals surface area (Å²) in [4.78, 5) is 12.7. The molecule has 0 aliphatic carbocycles. The largest absolute Gasteiger partial charge is 0.364 e. The monoisotopic (exact) mass is 370 g/mol. The van der Waals surface area contributed by atoms with Crippen molar-refractivity contribution in [2.24, 2.45) is 11.7 Å². The van der Waals surface area contributed by atoms with Crippen LogP contribution in [0.5, 0.6) is 0 Å². The third kappa shape index (κ3) is 3.32. The summed E-state index contributed by atoms with van der Waals surface area (Å²) in [5, 5.41) is 12.7. The summed E-state index contributed by atoms with van der Waals surface area (Å²) < 4.78 is 14.0. The zero-order valence-corrected chi connectivity index (χ0v) is 15.0. The molecule has 2 aromatic heterocycles. The molecular formula is C19H19FN4OS. The summed E-state index contributed by atoms with van der Waals surface area (Å²) in [5.74, 6) is -0.350. The maximum Gasteiger partial charge on any atom is 0.270 e. The molecule has 1 aliphatic rings. The van der Waals surface area contributed by atoms with Gasteiger partial charge in [-0.05, 0) is 62.0 Å². The van der Waals surface area contributed by atoms with Crippen molar-refractivity contribution in [2.45, 2.75) is 19.3 Å². The van der Waals surface area contributed by atoms with Crippen LogP contribution in [0.1, 0.15) is 29.0 Å². The van der Waals surface area contributed by atoms with Gasteiger partial charge in [0, 0.05) is 10.3 Å². The molecule has 1 amide bonds. The van der Waals surface area contributed by atoms with E-state index in [1.807, 2.05) is 6.07 Å². The van der Waals surface area contributed by atoms with Gasteiger partial charge in [-0.15, -0.1) is 16.4 Å². The molecule has 5 nitrogen and oxygen atoms in total. The Labute approximate surface area is 154 Å². The van der Waals surface area contributed by atoms with Gasteiger partial charge in [-0.25, -0.2) is 4.39 Å². The number of nitrogens with two attached hydrogens (primary N) is 1. The van der Waals surface area contributed by atoms with Crippen LogP contribution < -0.4 is 11.1 Å². The van der Waals surface area contributed by atoms with Crippen molar-refractivity contribution in [1.82, 2.24) is 15.5 Å². The molecule has 0 spiro atoms. The van der Waals surface area contributed by atoms with Crippen molar-refractivity contribution in [1.29, 1.82) is 0 Å². The predicted molar refractivity (Wildman–Crippen MR) is 101 cm³/mol. The average molecular weight is 370 g/mol. The van der Waals surface area contributed by atoms with E-state index in [0.717, 1.165) is 58.6 Å². The van der Waals surface area contributed by atoms with Gasteiger partial charge in [0.2, 0.25) is 0 Å². The second-order valence-corrected chi connectivity index (χ2v) is 7.69. The fourth-order valence-corrected chi connectivity index (χ4v) is 4.61. The number of hydrogen-bond donors (Lipinski definition) is 2. The molecule has 1 unspecified atom stereocenters. The molecule has 3 aromatic rings. The first-order valence-corrected chi connectivity index (χ1v) is 9.49. The molecule has 1 aliphatic heterocycles. The molecule has 0 radical (unpaired) electrons. The standard InChI is InChI=1S/C19H19FN4OS/c20-13-5-3-12(4-6-13)16-9-14-15(8-11-2-1-7-22-10-11)23-24-17(19(21)25)18(14)26-16/h3-6,9,11,22H,1-2,7-8,10H2,(H2,21,25). The van der Waals surface area contributed by atoms with Crippen LogP contribution in [-0.4, -0.2) is 29.2 Å². The number of primary amides is 1. The average Bonchev–Trinajstić information content (AvgIpc) is 3.09. The summed E-state index contributed by atoms with van der Waals surface area (Å²) in [7, 11) is 0. The lowest BCUT2D eigenvalue weighted by molar-refractivity contribution is 0.0996. The van der Waals surface area contributed by atoms with Gasteiger partial charge in [-0.3, -0.25) is 4.79 Å². The van der Waals surface area contributed by atoms with Gasteiger partial charge in [0.1, 0.15) is 5.82 Å². The first kappa shape index (κ1) is 17.1. The van der Waals surface area contributed by atoms with Gasteiger partial charge in [0.15, 0.2) is 5.69 Å². The van der Waals surface area contributed by atoms with Crippen LogP contribution in [-0.2, 0) is 6.42 Å². The molecule has 3 heterocycles. The van der Waals surface area contributed by atoms with Crippen molar-refractivity contribution >= 4 is 27.3 Å². The predicted octanol–water partition coefficient (Wildman–Crippen LogP) is 3.14. The van der Waals surface area contributed by atoms with Crippen molar-refractivity contribution in [3.05, 3.63) is 47.5 Å². The van der Waals surface area contributed by atoms with Crippen molar-refractivity contribution in [2.75, 3.05) is 13.1 Å². The Hall–Kier alpha value is -2.38. The number of fused-ring (bicyclic) bond motifs is 1. The molecule has 1 aromatic carbocycles. The van der Waals surface area contributed by atoms with Gasteiger partial charge < -0.3 is 11.1 Å². The zero-order chi connectivity index (χ0) is 18.1. The summed E-state index contributed by atoms with van der Waals surface area (Å²) >= 11 is 1.45. The van der Waals surface area contributed by atoms with E-state index in [1.165, 1.54) is 23.5 Å². The van der Waals surface area contributed by atoms with E-state index in [9.17, 15) is 9.18 Å². The Morgan fingerprint density at radius 3 is 2.81 bits per heavy atom. The van der Waals surface area contributed by atoms with Gasteiger partial charge in [0.05, 0.1) is 10.4 Å². The number of nitrogens with zero attached hydrogens (tertiary/aromatic N) is 2. The minimum atomic E-state index is -0.583. The minimum absolute atomic E-state index is 0.198. The zero-order valence-electron chi connectivity index (χ0n) is 14.2. The summed E-state index contributed by atoms with van der Waals surface area (Å²) in [6.45, 7) is 2.03. The number of benzene rings is 1. The van der Waals surface area contributed by atoms with E-state index in [-0.39, 0.29) is 11.5 Å². The number of aromatic nitrogens is 2. The molecule has 0 bridgehead atoms. The maximum absolute atomic E-state index is 13.2. The normalized spacial score (nSPS) is 17.5. The summed E-state index contributed by atoms with van der Waals surface area (Å²) in [5.41, 5.74) is 7.47. The highest BCUT2D eigenvalue weighted by Gasteiger charge is 2.21. The molecule has 3 N–H and O–H groups in total. The van der Waals surface area contributed by atoms with Crippen LogP contribution in [0.4, 0.5) is 4.39 Å². The molecule has 7 heteroatoms. The van der Waals surface area contributed by atoms with Gasteiger partial charge in [-0.2, -0.15) is 5.10 Å². The van der Waals surface area contributed by atoms with Crippen LogP contribution in [0.25, 0.3) is 20.5 Å². The number of thiophene rings is 1. The molecule has 0 saturated carbocycles. The van der Waals surface area contributed by atoms with Crippen LogP contribution >= 0.6 is 11.3 Å². The number of carbonyl (C=O) groups is 1. The highest BCUT2D eigenvalue weighted by Crippen LogP contribution is 2.36. The highest BCUT2D eigenvalue weighted by molar-refractivity contribution is 7.22. The van der Waals surface area contributed by atoms with E-state index >= 15 is 0 Å². The Kier molecular flexibility index (Phi) is 4.65. The van der Waals surface area contributed by atoms with Crippen LogP contribution in [0.2, 0.25) is 0 Å². The number of halogens is 1. The second kappa shape index (κ2) is 7.09. The van der Waals surface area contributed by atoms with Crippen LogP contribution in [0.3, 0.4) is 0 Å². The Morgan fingerprint density at radius 2 is 2.12 bits per heavy atom. The first-order valence-electron chi connectivity index (χ1n) is 8.67. The Balaban J connectivity index is 1.78. The quantitative estimate of drug-likeness (QED) is 0.739. The molecule has 1 atom stereocenters. The van der Waals surface area contributed by atoms with Gasteiger partial charge in [-0.1, -0.05) is 12.1 Å². The van der Waals surface area contributed by atoms with E-state index in [0.29, 0.717) is 5.92 Å². The fourth-order valence-electron chi connectivity index (χ4n) is 3.43. The van der Waals surface area contributed by atoms with E-state index in [1.54, 1.807) is 12.1 Å². The van der Waals surface area contributed by atoms with Gasteiger partial charge >= 0.3 is 0 Å². The SMILES string of the molecule is NC(=O)c1nnc(CC2CCCNC2)c2cc(-c3ccc(F)cc3)sc12. The molecular weight excluding hydrogens is 351 g/mol. The second-order valence-electron chi connectivity index (χ2n) is 6.64. The third-order valence-electron chi connectivity index (χ3n) is 4.77. The van der Waals surface area contributed by atoms with Gasteiger partial charge in [0.25, 0.3) is 5.91 Å². The molecule has 134 valence electrons. The molecule has 1 fully saturated rings. The Bertz CT molecular complexity index is 948.